The van der Waals surface area contributed by atoms with E-state index in [2.05, 4.69) is 34.5 Å². The molecule has 1 aromatic heterocycles. The molecule has 0 fully saturated rings. The van der Waals surface area contributed by atoms with Crippen molar-refractivity contribution in [2.75, 3.05) is 19.0 Å². The van der Waals surface area contributed by atoms with Crippen LogP contribution in [0.1, 0.15) is 29.5 Å². The van der Waals surface area contributed by atoms with Crippen LogP contribution >= 0.6 is 0 Å². The molecular formula is C26H27N3O3. The number of hydrogen-bond donors (Lipinski definition) is 1. The van der Waals surface area contributed by atoms with E-state index in [1.165, 1.54) is 24.0 Å². The first-order valence-corrected chi connectivity index (χ1v) is 10.8. The van der Waals surface area contributed by atoms with Crippen LogP contribution in [-0.2, 0) is 31.1 Å². The highest BCUT2D eigenvalue weighted by atomic mass is 16.5. The van der Waals surface area contributed by atoms with Gasteiger partial charge in [0.1, 0.15) is 12.3 Å². The van der Waals surface area contributed by atoms with Gasteiger partial charge in [-0.2, -0.15) is 5.10 Å². The van der Waals surface area contributed by atoms with Gasteiger partial charge in [0.2, 0.25) is 5.91 Å². The number of aryl methyl sites for hydroxylation is 3. The predicted octanol–water partition coefficient (Wildman–Crippen LogP) is 4.17. The quantitative estimate of drug-likeness (QED) is 0.573. The molecule has 3 aromatic rings. The lowest BCUT2D eigenvalue weighted by Gasteiger charge is -2.16. The lowest BCUT2D eigenvalue weighted by atomic mass is 9.90. The van der Waals surface area contributed by atoms with Crippen molar-refractivity contribution in [3.63, 3.8) is 0 Å². The second kappa shape index (κ2) is 9.61. The Morgan fingerprint density at radius 3 is 2.75 bits per heavy atom. The van der Waals surface area contributed by atoms with Crippen molar-refractivity contribution in [2.45, 2.75) is 32.1 Å². The van der Waals surface area contributed by atoms with E-state index in [4.69, 9.17) is 15.9 Å². The number of nitrogens with zero attached hydrogens (tertiary/aromatic N) is 2. The summed E-state index contributed by atoms with van der Waals surface area (Å²) in [5.74, 6) is 3.48. The topological polar surface area (TPSA) is 65.4 Å². The number of amides is 1. The van der Waals surface area contributed by atoms with Gasteiger partial charge >= 0.3 is 0 Å². The molecule has 0 spiro atoms. The number of benzene rings is 2. The molecule has 1 heterocycles. The molecular weight excluding hydrogens is 402 g/mol. The van der Waals surface area contributed by atoms with Crippen LogP contribution in [0, 0.1) is 12.3 Å². The van der Waals surface area contributed by atoms with E-state index in [9.17, 15) is 4.79 Å². The van der Waals surface area contributed by atoms with Crippen molar-refractivity contribution in [3.05, 3.63) is 59.3 Å². The molecule has 0 atom stereocenters. The summed E-state index contributed by atoms with van der Waals surface area (Å²) in [6, 6.07) is 11.9. The van der Waals surface area contributed by atoms with Crippen LogP contribution in [-0.4, -0.2) is 29.4 Å². The molecule has 0 saturated heterocycles. The molecule has 0 aliphatic heterocycles. The zero-order valence-corrected chi connectivity index (χ0v) is 18.5. The number of carbonyl (C=O) groups excluding carboxylic acids is 1. The highest BCUT2D eigenvalue weighted by molar-refractivity contribution is 5.95. The molecule has 164 valence electrons. The van der Waals surface area contributed by atoms with Gasteiger partial charge in [0.25, 0.3) is 0 Å². The Labute approximate surface area is 188 Å². The second-order valence-corrected chi connectivity index (χ2v) is 7.96. The van der Waals surface area contributed by atoms with E-state index in [1.807, 2.05) is 19.2 Å². The van der Waals surface area contributed by atoms with E-state index >= 15 is 0 Å². The number of fused-ring (bicyclic) bond motifs is 1. The normalized spacial score (nSPS) is 12.5. The standard InChI is InChI=1S/C26H27N3O3/c1-4-13-32-23-12-11-21(16-24(23)31-3)26-22(17-29(2)28-26)27-25(30)15-18-9-10-19-7-5-6-8-20(19)14-18/h1,9-12,14,16-17H,5-8,13,15H2,2-3H3,(H,27,30). The summed E-state index contributed by atoms with van der Waals surface area (Å²) in [6.45, 7) is 0.156. The van der Waals surface area contributed by atoms with Crippen LogP contribution in [0.2, 0.25) is 0 Å². The number of anilines is 1. The van der Waals surface area contributed by atoms with E-state index in [0.717, 1.165) is 24.0 Å². The minimum atomic E-state index is -0.0732. The molecule has 32 heavy (non-hydrogen) atoms. The van der Waals surface area contributed by atoms with Gasteiger partial charge in [-0.25, -0.2) is 0 Å². The van der Waals surface area contributed by atoms with E-state index < -0.39 is 0 Å². The number of terminal acetylenes is 1. The first kappa shape index (κ1) is 21.5. The summed E-state index contributed by atoms with van der Waals surface area (Å²) in [6.07, 6.45) is 12.1. The monoisotopic (exact) mass is 429 g/mol. The molecule has 6 heteroatoms. The number of hydrogen-bond acceptors (Lipinski definition) is 4. The lowest BCUT2D eigenvalue weighted by Crippen LogP contribution is -2.15. The van der Waals surface area contributed by atoms with Gasteiger partial charge in [-0.15, -0.1) is 6.42 Å². The van der Waals surface area contributed by atoms with Crippen molar-refractivity contribution < 1.29 is 14.3 Å². The van der Waals surface area contributed by atoms with Crippen molar-refractivity contribution in [3.8, 4) is 35.1 Å². The van der Waals surface area contributed by atoms with Crippen LogP contribution < -0.4 is 14.8 Å². The maximum atomic E-state index is 12.8. The number of methoxy groups -OCH3 is 1. The Balaban J connectivity index is 1.52. The van der Waals surface area contributed by atoms with Crippen LogP contribution in [0.4, 0.5) is 5.69 Å². The fourth-order valence-corrected chi connectivity index (χ4v) is 4.12. The van der Waals surface area contributed by atoms with E-state index in [1.54, 1.807) is 24.1 Å². The summed E-state index contributed by atoms with van der Waals surface area (Å²) in [5.41, 5.74) is 5.94. The van der Waals surface area contributed by atoms with Crippen LogP contribution in [0.3, 0.4) is 0 Å². The van der Waals surface area contributed by atoms with Crippen molar-refractivity contribution in [1.82, 2.24) is 9.78 Å². The maximum Gasteiger partial charge on any atom is 0.228 e. The van der Waals surface area contributed by atoms with Crippen LogP contribution in [0.25, 0.3) is 11.3 Å². The number of aromatic nitrogens is 2. The average Bonchev–Trinajstić information content (AvgIpc) is 3.17. The number of ether oxygens (including phenoxy) is 2. The first-order chi connectivity index (χ1) is 15.6. The minimum Gasteiger partial charge on any atom is -0.493 e. The van der Waals surface area contributed by atoms with Gasteiger partial charge < -0.3 is 14.8 Å². The molecule has 4 rings (SSSR count). The Bertz CT molecular complexity index is 1170. The molecule has 1 aliphatic carbocycles. The fraction of sp³-hybridized carbons (Fsp3) is 0.308. The predicted molar refractivity (Wildman–Crippen MR) is 125 cm³/mol. The maximum absolute atomic E-state index is 12.8. The summed E-state index contributed by atoms with van der Waals surface area (Å²) >= 11 is 0. The third-order valence-electron chi connectivity index (χ3n) is 5.63. The Morgan fingerprint density at radius 2 is 1.97 bits per heavy atom. The highest BCUT2D eigenvalue weighted by Crippen LogP contribution is 2.35. The van der Waals surface area contributed by atoms with Crippen molar-refractivity contribution in [1.29, 1.82) is 0 Å². The third-order valence-corrected chi connectivity index (χ3v) is 5.63. The first-order valence-electron chi connectivity index (χ1n) is 10.8. The summed E-state index contributed by atoms with van der Waals surface area (Å²) in [5, 5.41) is 7.56. The largest absolute Gasteiger partial charge is 0.493 e. The fourth-order valence-electron chi connectivity index (χ4n) is 4.12. The van der Waals surface area contributed by atoms with Gasteiger partial charge in [0, 0.05) is 18.8 Å². The molecule has 1 aliphatic rings. The zero-order valence-electron chi connectivity index (χ0n) is 18.5. The molecule has 0 bridgehead atoms. The Morgan fingerprint density at radius 1 is 1.16 bits per heavy atom. The van der Waals surface area contributed by atoms with E-state index in [0.29, 0.717) is 29.3 Å². The van der Waals surface area contributed by atoms with Gasteiger partial charge in [-0.1, -0.05) is 24.1 Å². The zero-order chi connectivity index (χ0) is 22.5. The molecule has 2 aromatic carbocycles. The van der Waals surface area contributed by atoms with Crippen LogP contribution in [0.15, 0.2) is 42.6 Å². The number of nitrogens with one attached hydrogen (secondary N) is 1. The molecule has 6 nitrogen and oxygen atoms in total. The summed E-state index contributed by atoms with van der Waals surface area (Å²) in [7, 11) is 3.39. The summed E-state index contributed by atoms with van der Waals surface area (Å²) < 4.78 is 12.6. The van der Waals surface area contributed by atoms with E-state index in [-0.39, 0.29) is 12.5 Å². The smallest absolute Gasteiger partial charge is 0.228 e. The Kier molecular flexibility index (Phi) is 6.46. The number of carbonyl (C=O) groups is 1. The molecule has 0 saturated carbocycles. The highest BCUT2D eigenvalue weighted by Gasteiger charge is 2.17. The average molecular weight is 430 g/mol. The van der Waals surface area contributed by atoms with Crippen molar-refractivity contribution >= 4 is 11.6 Å². The SMILES string of the molecule is C#CCOc1ccc(-c2nn(C)cc2NC(=O)Cc2ccc3c(c2)CCCC3)cc1OC. The lowest BCUT2D eigenvalue weighted by molar-refractivity contribution is -0.115. The van der Waals surface area contributed by atoms with Crippen LogP contribution in [0.5, 0.6) is 11.5 Å². The molecule has 0 radical (unpaired) electrons. The number of rotatable bonds is 7. The van der Waals surface area contributed by atoms with Gasteiger partial charge in [0.05, 0.1) is 19.2 Å². The van der Waals surface area contributed by atoms with Gasteiger partial charge in [0.15, 0.2) is 11.5 Å². The van der Waals surface area contributed by atoms with Gasteiger partial charge in [-0.3, -0.25) is 9.48 Å². The van der Waals surface area contributed by atoms with Gasteiger partial charge in [-0.05, 0) is 60.6 Å². The minimum absolute atomic E-state index is 0.0732. The molecule has 0 unspecified atom stereocenters. The van der Waals surface area contributed by atoms with Crippen molar-refractivity contribution in [2.24, 2.45) is 7.05 Å². The Hall–Kier alpha value is -3.72. The second-order valence-electron chi connectivity index (χ2n) is 7.96. The third kappa shape index (κ3) is 4.78. The molecule has 1 N–H and O–H groups in total. The summed E-state index contributed by atoms with van der Waals surface area (Å²) in [4.78, 5) is 12.8. The molecule has 1 amide bonds.